The minimum Gasteiger partial charge on any atom is -0.354 e. The van der Waals surface area contributed by atoms with Gasteiger partial charge in [-0.05, 0) is 37.5 Å². The highest BCUT2D eigenvalue weighted by molar-refractivity contribution is 5.82. The summed E-state index contributed by atoms with van der Waals surface area (Å²) in [4.78, 5) is 11.8. The van der Waals surface area contributed by atoms with Gasteiger partial charge in [0.05, 0.1) is 0 Å². The van der Waals surface area contributed by atoms with Gasteiger partial charge >= 0.3 is 0 Å². The minimum absolute atomic E-state index is 0.0109. The molecule has 1 amide bonds. The van der Waals surface area contributed by atoms with Crippen molar-refractivity contribution in [3.05, 3.63) is 35.6 Å². The van der Waals surface area contributed by atoms with E-state index in [1.54, 1.807) is 6.07 Å². The van der Waals surface area contributed by atoms with Crippen molar-refractivity contribution in [1.29, 1.82) is 0 Å². The Balaban J connectivity index is 1.73. The molecule has 2 rings (SSSR count). The standard InChI is InChI=1S/C13H18FN3O/c1-9-7-12(17-16-9)13(18)15-6-5-10-3-2-4-11(14)8-10/h2-4,8-9,12,16-17H,5-7H2,1H3,(H,15,18). The first-order valence-corrected chi connectivity index (χ1v) is 6.18. The van der Waals surface area contributed by atoms with Gasteiger partial charge in [0.15, 0.2) is 0 Å². The molecule has 5 heteroatoms. The largest absolute Gasteiger partial charge is 0.354 e. The number of hydrazine groups is 1. The Hall–Kier alpha value is -1.46. The van der Waals surface area contributed by atoms with Gasteiger partial charge in [0.2, 0.25) is 5.91 Å². The average Bonchev–Trinajstić information content (AvgIpc) is 2.76. The Morgan fingerprint density at radius 3 is 3.00 bits per heavy atom. The first-order valence-electron chi connectivity index (χ1n) is 6.18. The second-order valence-corrected chi connectivity index (χ2v) is 4.65. The fourth-order valence-electron chi connectivity index (χ4n) is 2.03. The summed E-state index contributed by atoms with van der Waals surface area (Å²) in [5, 5.41) is 2.85. The molecule has 4 nitrogen and oxygen atoms in total. The molecule has 1 aromatic carbocycles. The molecule has 1 fully saturated rings. The highest BCUT2D eigenvalue weighted by atomic mass is 19.1. The van der Waals surface area contributed by atoms with Crippen LogP contribution >= 0.6 is 0 Å². The van der Waals surface area contributed by atoms with E-state index in [0.717, 1.165) is 12.0 Å². The Labute approximate surface area is 106 Å². The van der Waals surface area contributed by atoms with Gasteiger partial charge in [-0.3, -0.25) is 10.2 Å². The maximum atomic E-state index is 12.9. The van der Waals surface area contributed by atoms with Crippen LogP contribution in [0.4, 0.5) is 4.39 Å². The minimum atomic E-state index is -0.241. The molecule has 0 radical (unpaired) electrons. The van der Waals surface area contributed by atoms with Crippen molar-refractivity contribution in [2.24, 2.45) is 0 Å². The average molecular weight is 251 g/mol. The predicted molar refractivity (Wildman–Crippen MR) is 67.3 cm³/mol. The van der Waals surface area contributed by atoms with Gasteiger partial charge in [-0.2, -0.15) is 0 Å². The van der Waals surface area contributed by atoms with Crippen LogP contribution in [0.3, 0.4) is 0 Å². The molecule has 18 heavy (non-hydrogen) atoms. The molecule has 0 saturated carbocycles. The molecule has 0 aliphatic carbocycles. The van der Waals surface area contributed by atoms with E-state index in [4.69, 9.17) is 0 Å². The maximum Gasteiger partial charge on any atom is 0.238 e. The van der Waals surface area contributed by atoms with Gasteiger partial charge in [0.25, 0.3) is 0 Å². The summed E-state index contributed by atoms with van der Waals surface area (Å²) < 4.78 is 12.9. The first kappa shape index (κ1) is 13.0. The van der Waals surface area contributed by atoms with E-state index in [2.05, 4.69) is 16.2 Å². The summed E-state index contributed by atoms with van der Waals surface area (Å²) in [5.74, 6) is -0.252. The van der Waals surface area contributed by atoms with E-state index in [1.807, 2.05) is 13.0 Å². The number of halogens is 1. The van der Waals surface area contributed by atoms with Crippen molar-refractivity contribution in [3.8, 4) is 0 Å². The molecule has 1 aromatic rings. The monoisotopic (exact) mass is 251 g/mol. The molecule has 98 valence electrons. The van der Waals surface area contributed by atoms with Crippen LogP contribution < -0.4 is 16.2 Å². The maximum absolute atomic E-state index is 12.9. The lowest BCUT2D eigenvalue weighted by atomic mass is 10.1. The summed E-state index contributed by atoms with van der Waals surface area (Å²) in [6.45, 7) is 2.54. The van der Waals surface area contributed by atoms with Crippen LogP contribution in [-0.2, 0) is 11.2 Å². The second kappa shape index (κ2) is 5.93. The van der Waals surface area contributed by atoms with Crippen LogP contribution in [0.25, 0.3) is 0 Å². The van der Waals surface area contributed by atoms with Crippen LogP contribution in [0.2, 0.25) is 0 Å². The van der Waals surface area contributed by atoms with Crippen LogP contribution in [0, 0.1) is 5.82 Å². The van der Waals surface area contributed by atoms with E-state index in [1.165, 1.54) is 12.1 Å². The number of nitrogens with one attached hydrogen (secondary N) is 3. The lowest BCUT2D eigenvalue weighted by molar-refractivity contribution is -0.122. The SMILES string of the molecule is CC1CC(C(=O)NCCc2cccc(F)c2)NN1. The molecular formula is C13H18FN3O. The smallest absolute Gasteiger partial charge is 0.238 e. The van der Waals surface area contributed by atoms with Crippen molar-refractivity contribution in [2.45, 2.75) is 31.8 Å². The molecule has 3 N–H and O–H groups in total. The van der Waals surface area contributed by atoms with Crippen LogP contribution in [-0.4, -0.2) is 24.5 Å². The topological polar surface area (TPSA) is 53.2 Å². The van der Waals surface area contributed by atoms with Crippen LogP contribution in [0.5, 0.6) is 0 Å². The summed E-state index contributed by atoms with van der Waals surface area (Å²) in [7, 11) is 0. The van der Waals surface area contributed by atoms with Crippen molar-refractivity contribution < 1.29 is 9.18 Å². The van der Waals surface area contributed by atoms with Crippen molar-refractivity contribution in [1.82, 2.24) is 16.2 Å². The molecule has 0 aromatic heterocycles. The molecule has 0 bridgehead atoms. The Kier molecular flexibility index (Phi) is 4.28. The third-order valence-corrected chi connectivity index (χ3v) is 3.01. The van der Waals surface area contributed by atoms with E-state index in [9.17, 15) is 9.18 Å². The van der Waals surface area contributed by atoms with Crippen molar-refractivity contribution >= 4 is 5.91 Å². The number of hydrogen-bond acceptors (Lipinski definition) is 3. The predicted octanol–water partition coefficient (Wildman–Crippen LogP) is 0.739. The highest BCUT2D eigenvalue weighted by Crippen LogP contribution is 2.05. The zero-order valence-corrected chi connectivity index (χ0v) is 10.4. The van der Waals surface area contributed by atoms with Gasteiger partial charge in [-0.1, -0.05) is 12.1 Å². The number of amides is 1. The van der Waals surface area contributed by atoms with Gasteiger partial charge in [-0.15, -0.1) is 0 Å². The van der Waals surface area contributed by atoms with E-state index >= 15 is 0 Å². The van der Waals surface area contributed by atoms with Crippen molar-refractivity contribution in [3.63, 3.8) is 0 Å². The molecule has 0 spiro atoms. The Morgan fingerprint density at radius 2 is 2.33 bits per heavy atom. The van der Waals surface area contributed by atoms with Crippen LogP contribution in [0.15, 0.2) is 24.3 Å². The summed E-state index contributed by atoms with van der Waals surface area (Å²) in [6.07, 6.45) is 1.42. The summed E-state index contributed by atoms with van der Waals surface area (Å²) >= 11 is 0. The lowest BCUT2D eigenvalue weighted by Gasteiger charge is -2.10. The van der Waals surface area contributed by atoms with E-state index in [-0.39, 0.29) is 17.8 Å². The van der Waals surface area contributed by atoms with E-state index in [0.29, 0.717) is 19.0 Å². The number of benzene rings is 1. The quantitative estimate of drug-likeness (QED) is 0.740. The number of hydrogen-bond donors (Lipinski definition) is 3. The summed E-state index contributed by atoms with van der Waals surface area (Å²) in [5.41, 5.74) is 6.84. The van der Waals surface area contributed by atoms with Gasteiger partial charge in [0, 0.05) is 12.6 Å². The molecule has 1 aliphatic rings. The number of carbonyl (C=O) groups is 1. The fraction of sp³-hybridized carbons (Fsp3) is 0.462. The number of rotatable bonds is 4. The second-order valence-electron chi connectivity index (χ2n) is 4.65. The van der Waals surface area contributed by atoms with Gasteiger partial charge in [-0.25, -0.2) is 9.82 Å². The Bertz CT molecular complexity index is 424. The van der Waals surface area contributed by atoms with Crippen LogP contribution in [0.1, 0.15) is 18.9 Å². The normalized spacial score (nSPS) is 23.0. The first-order chi connectivity index (χ1) is 8.65. The van der Waals surface area contributed by atoms with Crippen molar-refractivity contribution in [2.75, 3.05) is 6.54 Å². The third kappa shape index (κ3) is 3.51. The highest BCUT2D eigenvalue weighted by Gasteiger charge is 2.25. The molecule has 1 saturated heterocycles. The Morgan fingerprint density at radius 1 is 1.50 bits per heavy atom. The third-order valence-electron chi connectivity index (χ3n) is 3.01. The lowest BCUT2D eigenvalue weighted by Crippen LogP contribution is -2.43. The summed E-state index contributed by atoms with van der Waals surface area (Å²) in [6, 6.07) is 6.57. The molecular weight excluding hydrogens is 233 g/mol. The molecule has 2 atom stereocenters. The van der Waals surface area contributed by atoms with E-state index < -0.39 is 0 Å². The number of carbonyl (C=O) groups excluding carboxylic acids is 1. The zero-order chi connectivity index (χ0) is 13.0. The molecule has 2 unspecified atom stereocenters. The molecule has 1 heterocycles. The molecule has 1 aliphatic heterocycles. The van der Waals surface area contributed by atoms with Gasteiger partial charge in [0.1, 0.15) is 11.9 Å². The zero-order valence-electron chi connectivity index (χ0n) is 10.4. The van der Waals surface area contributed by atoms with Gasteiger partial charge < -0.3 is 5.32 Å². The fourth-order valence-corrected chi connectivity index (χ4v) is 2.03.